The number of piperazine rings is 1. The van der Waals surface area contributed by atoms with Gasteiger partial charge in [-0.1, -0.05) is 90.1 Å². The fourth-order valence-corrected chi connectivity index (χ4v) is 6.32. The van der Waals surface area contributed by atoms with Crippen LogP contribution in [0.2, 0.25) is 0 Å². The van der Waals surface area contributed by atoms with Crippen LogP contribution in [0.3, 0.4) is 0 Å². The third kappa shape index (κ3) is 5.54. The van der Waals surface area contributed by atoms with E-state index >= 15 is 0 Å². The first kappa shape index (κ1) is 26.0. The molecule has 1 fully saturated rings. The SMILES string of the molecule is Cc1cccc(CN2C(=O)C(=Cc3ccccc3)Sc3ccc(C(=O)N4CCN(c5ccccc5)CC4)cc32)c1. The first-order chi connectivity index (χ1) is 19.5. The van der Waals surface area contributed by atoms with Gasteiger partial charge in [0.15, 0.2) is 0 Å². The molecule has 0 bridgehead atoms. The maximum atomic E-state index is 13.9. The van der Waals surface area contributed by atoms with Crippen molar-refractivity contribution in [3.63, 3.8) is 0 Å². The average molecular weight is 546 g/mol. The molecule has 1 saturated heterocycles. The predicted molar refractivity (Wildman–Crippen MR) is 164 cm³/mol. The summed E-state index contributed by atoms with van der Waals surface area (Å²) in [6.07, 6.45) is 1.95. The van der Waals surface area contributed by atoms with Crippen LogP contribution in [0, 0.1) is 6.92 Å². The first-order valence-electron chi connectivity index (χ1n) is 13.6. The Morgan fingerprint density at radius 2 is 1.55 bits per heavy atom. The Labute approximate surface area is 239 Å². The summed E-state index contributed by atoms with van der Waals surface area (Å²) in [5.41, 5.74) is 5.78. The van der Waals surface area contributed by atoms with Crippen molar-refractivity contribution >= 4 is 41.0 Å². The summed E-state index contributed by atoms with van der Waals surface area (Å²) in [5.74, 6) is -0.0435. The zero-order chi connectivity index (χ0) is 27.5. The summed E-state index contributed by atoms with van der Waals surface area (Å²) in [6.45, 7) is 5.41. The molecular weight excluding hydrogens is 514 g/mol. The van der Waals surface area contributed by atoms with Crippen molar-refractivity contribution in [1.82, 2.24) is 4.90 Å². The molecule has 2 heterocycles. The second kappa shape index (κ2) is 11.4. The molecule has 200 valence electrons. The van der Waals surface area contributed by atoms with Crippen LogP contribution in [0.4, 0.5) is 11.4 Å². The predicted octanol–water partition coefficient (Wildman–Crippen LogP) is 6.64. The Balaban J connectivity index is 1.28. The monoisotopic (exact) mass is 545 g/mol. The van der Waals surface area contributed by atoms with Gasteiger partial charge in [0.1, 0.15) is 0 Å². The van der Waals surface area contributed by atoms with E-state index in [4.69, 9.17) is 0 Å². The number of carbonyl (C=O) groups excluding carboxylic acids is 2. The number of benzene rings is 4. The lowest BCUT2D eigenvalue weighted by Gasteiger charge is -2.36. The number of thioether (sulfide) groups is 1. The standard InChI is InChI=1S/C34H31N3O2S/c1-25-9-8-12-27(21-25)24-37-30-23-28(33(38)36-19-17-35(18-20-36)29-13-6-3-7-14-29)15-16-31(30)40-32(34(37)39)22-26-10-4-2-5-11-26/h2-16,21-23H,17-20,24H2,1H3. The molecule has 0 atom stereocenters. The van der Waals surface area contributed by atoms with Crippen LogP contribution in [0.15, 0.2) is 113 Å². The lowest BCUT2D eigenvalue weighted by Crippen LogP contribution is -2.48. The number of anilines is 2. The van der Waals surface area contributed by atoms with Crippen LogP contribution < -0.4 is 9.80 Å². The number of amides is 2. The number of aryl methyl sites for hydroxylation is 1. The smallest absolute Gasteiger partial charge is 0.265 e. The summed E-state index contributed by atoms with van der Waals surface area (Å²) in [5, 5.41) is 0. The van der Waals surface area contributed by atoms with E-state index in [-0.39, 0.29) is 11.8 Å². The Bertz CT molecular complexity index is 1560. The highest BCUT2D eigenvalue weighted by Gasteiger charge is 2.31. The molecule has 2 aliphatic rings. The summed E-state index contributed by atoms with van der Waals surface area (Å²) in [4.78, 5) is 35.2. The van der Waals surface area contributed by atoms with Gasteiger partial charge in [-0.3, -0.25) is 9.59 Å². The van der Waals surface area contributed by atoms with Crippen LogP contribution >= 0.6 is 11.8 Å². The van der Waals surface area contributed by atoms with E-state index in [9.17, 15) is 9.59 Å². The van der Waals surface area contributed by atoms with Gasteiger partial charge in [-0.15, -0.1) is 0 Å². The van der Waals surface area contributed by atoms with Crippen molar-refractivity contribution < 1.29 is 9.59 Å². The fraction of sp³-hybridized carbons (Fsp3) is 0.176. The van der Waals surface area contributed by atoms with E-state index in [1.54, 1.807) is 0 Å². The normalized spacial score (nSPS) is 16.3. The third-order valence-electron chi connectivity index (χ3n) is 7.38. The third-order valence-corrected chi connectivity index (χ3v) is 8.46. The molecule has 40 heavy (non-hydrogen) atoms. The minimum Gasteiger partial charge on any atom is -0.368 e. The van der Waals surface area contributed by atoms with Gasteiger partial charge in [0, 0.05) is 42.3 Å². The van der Waals surface area contributed by atoms with Crippen LogP contribution in [-0.2, 0) is 11.3 Å². The second-order valence-corrected chi connectivity index (χ2v) is 11.3. The molecule has 0 aromatic heterocycles. The first-order valence-corrected chi connectivity index (χ1v) is 14.4. The van der Waals surface area contributed by atoms with Gasteiger partial charge in [0.2, 0.25) is 0 Å². The Kier molecular flexibility index (Phi) is 7.43. The number of fused-ring (bicyclic) bond motifs is 1. The van der Waals surface area contributed by atoms with E-state index < -0.39 is 0 Å². The zero-order valence-corrected chi connectivity index (χ0v) is 23.3. The molecule has 0 aliphatic carbocycles. The van der Waals surface area contributed by atoms with Gasteiger partial charge < -0.3 is 14.7 Å². The minimum atomic E-state index is -0.0519. The number of nitrogens with zero attached hydrogens (tertiary/aromatic N) is 3. The number of hydrogen-bond donors (Lipinski definition) is 0. The Hall–Kier alpha value is -4.29. The van der Waals surface area contributed by atoms with E-state index in [1.165, 1.54) is 17.4 Å². The molecule has 0 spiro atoms. The van der Waals surface area contributed by atoms with Crippen LogP contribution in [0.1, 0.15) is 27.0 Å². The van der Waals surface area contributed by atoms with E-state index in [0.29, 0.717) is 30.1 Å². The quantitative estimate of drug-likeness (QED) is 0.264. The molecule has 6 heteroatoms. The maximum absolute atomic E-state index is 13.9. The van der Waals surface area contributed by atoms with Crippen molar-refractivity contribution in [2.24, 2.45) is 0 Å². The van der Waals surface area contributed by atoms with Gasteiger partial charge in [0.25, 0.3) is 11.8 Å². The molecule has 4 aromatic carbocycles. The molecule has 0 N–H and O–H groups in total. The summed E-state index contributed by atoms with van der Waals surface area (Å²) in [6, 6.07) is 34.3. The maximum Gasteiger partial charge on any atom is 0.265 e. The van der Waals surface area contributed by atoms with Crippen molar-refractivity contribution in [1.29, 1.82) is 0 Å². The van der Waals surface area contributed by atoms with Gasteiger partial charge >= 0.3 is 0 Å². The highest BCUT2D eigenvalue weighted by Crippen LogP contribution is 2.43. The van der Waals surface area contributed by atoms with E-state index in [1.807, 2.05) is 94.7 Å². The second-order valence-electron chi connectivity index (χ2n) is 10.2. The number of carbonyl (C=O) groups is 2. The molecule has 6 rings (SSSR count). The van der Waals surface area contributed by atoms with Gasteiger partial charge in [0.05, 0.1) is 17.1 Å². The zero-order valence-electron chi connectivity index (χ0n) is 22.5. The lowest BCUT2D eigenvalue weighted by atomic mass is 10.1. The van der Waals surface area contributed by atoms with Gasteiger partial charge in [-0.2, -0.15) is 0 Å². The number of para-hydroxylation sites is 1. The van der Waals surface area contributed by atoms with E-state index in [0.717, 1.165) is 40.4 Å². The van der Waals surface area contributed by atoms with E-state index in [2.05, 4.69) is 36.1 Å². The molecular formula is C34H31N3O2S. The summed E-state index contributed by atoms with van der Waals surface area (Å²) in [7, 11) is 0. The minimum absolute atomic E-state index is 0.00842. The Morgan fingerprint density at radius 3 is 2.27 bits per heavy atom. The lowest BCUT2D eigenvalue weighted by molar-refractivity contribution is -0.114. The highest BCUT2D eigenvalue weighted by molar-refractivity contribution is 8.04. The average Bonchev–Trinajstić information content (AvgIpc) is 3.00. The molecule has 2 aliphatic heterocycles. The van der Waals surface area contributed by atoms with Gasteiger partial charge in [-0.05, 0) is 54.5 Å². The number of hydrogen-bond acceptors (Lipinski definition) is 4. The van der Waals surface area contributed by atoms with Crippen LogP contribution in [-0.4, -0.2) is 42.9 Å². The molecule has 0 radical (unpaired) electrons. The largest absolute Gasteiger partial charge is 0.368 e. The van der Waals surface area contributed by atoms with Crippen molar-refractivity contribution in [3.8, 4) is 0 Å². The highest BCUT2D eigenvalue weighted by atomic mass is 32.2. The van der Waals surface area contributed by atoms with Crippen molar-refractivity contribution in [3.05, 3.63) is 130 Å². The molecule has 2 amide bonds. The van der Waals surface area contributed by atoms with Gasteiger partial charge in [-0.25, -0.2) is 0 Å². The van der Waals surface area contributed by atoms with Crippen LogP contribution in [0.5, 0.6) is 0 Å². The Morgan fingerprint density at radius 1 is 0.825 bits per heavy atom. The fourth-order valence-electron chi connectivity index (χ4n) is 5.28. The summed E-state index contributed by atoms with van der Waals surface area (Å²) >= 11 is 1.47. The summed E-state index contributed by atoms with van der Waals surface area (Å²) < 4.78 is 0. The molecule has 4 aromatic rings. The van der Waals surface area contributed by atoms with Crippen molar-refractivity contribution in [2.45, 2.75) is 18.4 Å². The molecule has 5 nitrogen and oxygen atoms in total. The molecule has 0 saturated carbocycles. The van der Waals surface area contributed by atoms with Crippen LogP contribution in [0.25, 0.3) is 6.08 Å². The topological polar surface area (TPSA) is 43.9 Å². The van der Waals surface area contributed by atoms with Crippen molar-refractivity contribution in [2.75, 3.05) is 36.0 Å². The number of rotatable bonds is 5. The molecule has 0 unspecified atom stereocenters.